The average molecular weight is 293 g/mol. The number of aromatic nitrogens is 2. The maximum atomic E-state index is 5.83. The number of aromatic amines is 1. The van der Waals surface area contributed by atoms with Crippen LogP contribution in [0, 0.1) is 13.8 Å². The summed E-state index contributed by atoms with van der Waals surface area (Å²) in [6.07, 6.45) is 4.50. The van der Waals surface area contributed by atoms with Gasteiger partial charge in [-0.3, -0.25) is 5.10 Å². The molecule has 1 heterocycles. The Hall–Kier alpha value is -1.48. The molecule has 108 valence electrons. The molecule has 0 aliphatic heterocycles. The molecule has 0 bridgehead atoms. The highest BCUT2D eigenvalue weighted by Gasteiger charge is 2.05. The Labute approximate surface area is 125 Å². The van der Waals surface area contributed by atoms with Gasteiger partial charge in [-0.1, -0.05) is 11.6 Å². The van der Waals surface area contributed by atoms with E-state index in [0.717, 1.165) is 42.3 Å². The van der Waals surface area contributed by atoms with E-state index in [1.807, 2.05) is 24.3 Å². The van der Waals surface area contributed by atoms with Crippen molar-refractivity contribution < 1.29 is 4.74 Å². The lowest BCUT2D eigenvalue weighted by atomic mass is 10.1. The summed E-state index contributed by atoms with van der Waals surface area (Å²) < 4.78 is 5.67. The van der Waals surface area contributed by atoms with Crippen LogP contribution in [0.25, 0.3) is 0 Å². The topological polar surface area (TPSA) is 37.9 Å². The van der Waals surface area contributed by atoms with Gasteiger partial charge < -0.3 is 4.74 Å². The zero-order chi connectivity index (χ0) is 14.4. The molecule has 2 aromatic rings. The predicted molar refractivity (Wildman–Crippen MR) is 82.6 cm³/mol. The van der Waals surface area contributed by atoms with Crippen LogP contribution >= 0.6 is 11.6 Å². The largest absolute Gasteiger partial charge is 0.494 e. The summed E-state index contributed by atoms with van der Waals surface area (Å²) in [5.41, 5.74) is 3.68. The number of hydrogen-bond donors (Lipinski definition) is 1. The van der Waals surface area contributed by atoms with Crippen molar-refractivity contribution in [2.75, 3.05) is 6.61 Å². The Morgan fingerprint density at radius 1 is 1.10 bits per heavy atom. The normalized spacial score (nSPS) is 10.8. The van der Waals surface area contributed by atoms with Crippen LogP contribution in [0.15, 0.2) is 24.3 Å². The third kappa shape index (κ3) is 4.27. The third-order valence-electron chi connectivity index (χ3n) is 3.43. The van der Waals surface area contributed by atoms with Gasteiger partial charge in [0.05, 0.1) is 12.3 Å². The molecule has 0 saturated heterocycles. The lowest BCUT2D eigenvalue weighted by Crippen LogP contribution is -1.98. The summed E-state index contributed by atoms with van der Waals surface area (Å²) in [7, 11) is 0. The van der Waals surface area contributed by atoms with E-state index in [-0.39, 0.29) is 0 Å². The van der Waals surface area contributed by atoms with Gasteiger partial charge in [0.2, 0.25) is 0 Å². The summed E-state index contributed by atoms with van der Waals surface area (Å²) in [5.74, 6) is 0.885. The van der Waals surface area contributed by atoms with E-state index in [4.69, 9.17) is 16.3 Å². The molecule has 0 aliphatic rings. The molecule has 1 aromatic carbocycles. The maximum absolute atomic E-state index is 5.83. The second-order valence-corrected chi connectivity index (χ2v) is 5.46. The van der Waals surface area contributed by atoms with Crippen LogP contribution in [0.1, 0.15) is 36.2 Å². The number of aryl methyl sites for hydroxylation is 2. The Kier molecular flexibility index (Phi) is 5.48. The summed E-state index contributed by atoms with van der Waals surface area (Å²) in [5, 5.41) is 7.99. The van der Waals surface area contributed by atoms with Crippen molar-refractivity contribution in [3.05, 3.63) is 46.2 Å². The second-order valence-electron chi connectivity index (χ2n) is 5.03. The minimum Gasteiger partial charge on any atom is -0.494 e. The van der Waals surface area contributed by atoms with Gasteiger partial charge in [-0.25, -0.2) is 0 Å². The highest BCUT2D eigenvalue weighted by Crippen LogP contribution is 2.16. The summed E-state index contributed by atoms with van der Waals surface area (Å²) in [4.78, 5) is 0. The van der Waals surface area contributed by atoms with Crippen LogP contribution in [-0.4, -0.2) is 16.8 Å². The van der Waals surface area contributed by atoms with E-state index < -0.39 is 0 Å². The summed E-state index contributed by atoms with van der Waals surface area (Å²) in [6, 6.07) is 7.50. The fourth-order valence-corrected chi connectivity index (χ4v) is 2.37. The second kappa shape index (κ2) is 7.34. The number of nitrogens with zero attached hydrogens (tertiary/aromatic N) is 1. The van der Waals surface area contributed by atoms with E-state index in [1.54, 1.807) is 0 Å². The van der Waals surface area contributed by atoms with Crippen molar-refractivity contribution in [3.63, 3.8) is 0 Å². The number of benzene rings is 1. The fraction of sp³-hybridized carbons (Fsp3) is 0.438. The first-order valence-corrected chi connectivity index (χ1v) is 7.43. The van der Waals surface area contributed by atoms with Gasteiger partial charge in [0.25, 0.3) is 0 Å². The first kappa shape index (κ1) is 14.9. The fourth-order valence-electron chi connectivity index (χ4n) is 2.24. The highest BCUT2D eigenvalue weighted by atomic mass is 35.5. The minimum atomic E-state index is 0.739. The zero-order valence-corrected chi connectivity index (χ0v) is 12.8. The van der Waals surface area contributed by atoms with Crippen LogP contribution in [-0.2, 0) is 6.42 Å². The number of unbranched alkanes of at least 4 members (excludes halogenated alkanes) is 2. The number of ether oxygens (including phenoxy) is 1. The molecule has 0 radical (unpaired) electrons. The number of rotatable bonds is 7. The van der Waals surface area contributed by atoms with E-state index in [1.165, 1.54) is 17.7 Å². The Bertz CT molecular complexity index is 514. The van der Waals surface area contributed by atoms with E-state index in [2.05, 4.69) is 24.0 Å². The van der Waals surface area contributed by atoms with Crippen LogP contribution in [0.5, 0.6) is 5.75 Å². The number of H-pyrrole nitrogens is 1. The Morgan fingerprint density at radius 3 is 2.50 bits per heavy atom. The molecule has 0 saturated carbocycles. The van der Waals surface area contributed by atoms with Crippen molar-refractivity contribution in [1.29, 1.82) is 0 Å². The molecule has 2 rings (SSSR count). The van der Waals surface area contributed by atoms with E-state index in [9.17, 15) is 0 Å². The molecular weight excluding hydrogens is 272 g/mol. The maximum Gasteiger partial charge on any atom is 0.119 e. The predicted octanol–water partition coefficient (Wildman–Crippen LogP) is 4.47. The lowest BCUT2D eigenvalue weighted by molar-refractivity contribution is 0.305. The molecule has 0 spiro atoms. The number of hydrogen-bond acceptors (Lipinski definition) is 2. The van der Waals surface area contributed by atoms with E-state index >= 15 is 0 Å². The molecule has 0 amide bonds. The minimum absolute atomic E-state index is 0.739. The molecule has 0 atom stereocenters. The van der Waals surface area contributed by atoms with Crippen molar-refractivity contribution in [3.8, 4) is 5.75 Å². The number of nitrogens with one attached hydrogen (secondary N) is 1. The van der Waals surface area contributed by atoms with Crippen LogP contribution in [0.2, 0.25) is 5.02 Å². The summed E-state index contributed by atoms with van der Waals surface area (Å²) in [6.45, 7) is 4.90. The van der Waals surface area contributed by atoms with Gasteiger partial charge in [-0.05, 0) is 69.4 Å². The monoisotopic (exact) mass is 292 g/mol. The molecule has 1 aromatic heterocycles. The standard InChI is InChI=1S/C16H21ClN2O/c1-12-16(13(2)19-18-12)6-4-3-5-11-20-15-9-7-14(17)8-10-15/h7-10H,3-6,11H2,1-2H3,(H,18,19). The quantitative estimate of drug-likeness (QED) is 0.765. The molecule has 0 unspecified atom stereocenters. The zero-order valence-electron chi connectivity index (χ0n) is 12.1. The van der Waals surface area contributed by atoms with Crippen molar-refractivity contribution >= 4 is 11.6 Å². The van der Waals surface area contributed by atoms with Gasteiger partial charge in [0.15, 0.2) is 0 Å². The van der Waals surface area contributed by atoms with Gasteiger partial charge in [-0.2, -0.15) is 5.10 Å². The average Bonchev–Trinajstić information content (AvgIpc) is 2.76. The first-order chi connectivity index (χ1) is 9.66. The molecule has 1 N–H and O–H groups in total. The van der Waals surface area contributed by atoms with Crippen molar-refractivity contribution in [2.24, 2.45) is 0 Å². The molecule has 20 heavy (non-hydrogen) atoms. The van der Waals surface area contributed by atoms with E-state index in [0.29, 0.717) is 0 Å². The van der Waals surface area contributed by atoms with Gasteiger partial charge in [0, 0.05) is 10.7 Å². The number of halogens is 1. The van der Waals surface area contributed by atoms with Crippen molar-refractivity contribution in [1.82, 2.24) is 10.2 Å². The Balaban J connectivity index is 1.61. The molecule has 0 aliphatic carbocycles. The van der Waals surface area contributed by atoms with Crippen LogP contribution in [0.3, 0.4) is 0 Å². The SMILES string of the molecule is Cc1n[nH]c(C)c1CCCCCOc1ccc(Cl)cc1. The smallest absolute Gasteiger partial charge is 0.119 e. The van der Waals surface area contributed by atoms with Crippen LogP contribution in [0.4, 0.5) is 0 Å². The lowest BCUT2D eigenvalue weighted by Gasteiger charge is -2.06. The third-order valence-corrected chi connectivity index (χ3v) is 3.69. The molecule has 3 nitrogen and oxygen atoms in total. The first-order valence-electron chi connectivity index (χ1n) is 7.05. The Morgan fingerprint density at radius 2 is 1.85 bits per heavy atom. The van der Waals surface area contributed by atoms with Gasteiger partial charge in [-0.15, -0.1) is 0 Å². The van der Waals surface area contributed by atoms with Gasteiger partial charge in [0.1, 0.15) is 5.75 Å². The van der Waals surface area contributed by atoms with Crippen molar-refractivity contribution in [2.45, 2.75) is 39.5 Å². The molecular formula is C16H21ClN2O. The summed E-state index contributed by atoms with van der Waals surface area (Å²) >= 11 is 5.83. The highest BCUT2D eigenvalue weighted by molar-refractivity contribution is 6.30. The molecule has 4 heteroatoms. The van der Waals surface area contributed by atoms with Crippen LogP contribution < -0.4 is 4.74 Å². The molecule has 0 fully saturated rings. The van der Waals surface area contributed by atoms with Gasteiger partial charge >= 0.3 is 0 Å².